The second-order valence-corrected chi connectivity index (χ2v) is 5.45. The highest BCUT2D eigenvalue weighted by molar-refractivity contribution is 5.73. The smallest absolute Gasteiger partial charge is 0.303 e. The average molecular weight is 372 g/mol. The maximum Gasteiger partial charge on any atom is 0.303 e. The van der Waals surface area contributed by atoms with E-state index < -0.39 is 54.4 Å². The number of nitrogens with one attached hydrogen (secondary N) is 1. The first-order valence-electron chi connectivity index (χ1n) is 7.60. The van der Waals surface area contributed by atoms with Gasteiger partial charge in [0.2, 0.25) is 5.91 Å². The van der Waals surface area contributed by atoms with Crippen molar-refractivity contribution in [3.05, 3.63) is 10.4 Å². The number of carbonyl (C=O) groups excluding carboxylic acids is 4. The Labute approximate surface area is 148 Å². The van der Waals surface area contributed by atoms with E-state index in [1.807, 2.05) is 0 Å². The van der Waals surface area contributed by atoms with Gasteiger partial charge in [-0.2, -0.15) is 0 Å². The number of hydrogen-bond donors (Lipinski definition) is 1. The van der Waals surface area contributed by atoms with Crippen molar-refractivity contribution < 1.29 is 38.1 Å². The third kappa shape index (κ3) is 6.22. The average Bonchev–Trinajstić information content (AvgIpc) is 2.50. The molecular weight excluding hydrogens is 352 g/mol. The van der Waals surface area contributed by atoms with E-state index in [9.17, 15) is 19.2 Å². The normalized spacial score (nSPS) is 27.5. The summed E-state index contributed by atoms with van der Waals surface area (Å²) in [6.45, 7) is 4.26. The number of azide groups is 1. The van der Waals surface area contributed by atoms with Crippen LogP contribution in [0, 0.1) is 0 Å². The van der Waals surface area contributed by atoms with Crippen LogP contribution in [0.5, 0.6) is 0 Å². The molecule has 1 amide bonds. The van der Waals surface area contributed by atoms with E-state index in [-0.39, 0.29) is 6.61 Å². The molecule has 0 saturated carbocycles. The second-order valence-electron chi connectivity index (χ2n) is 5.45. The first-order valence-corrected chi connectivity index (χ1v) is 7.60. The number of ether oxygens (including phenoxy) is 4. The second kappa shape index (κ2) is 9.59. The van der Waals surface area contributed by atoms with E-state index in [2.05, 4.69) is 15.3 Å². The SMILES string of the molecule is CC(=O)NC1C(N=[N+]=[N-])OC(COC(C)=O)C(OC(C)=O)C1OC(C)=O. The minimum atomic E-state index is -1.29. The van der Waals surface area contributed by atoms with Crippen LogP contribution in [0.4, 0.5) is 0 Å². The molecule has 0 spiro atoms. The van der Waals surface area contributed by atoms with Gasteiger partial charge in [0.15, 0.2) is 18.4 Å². The van der Waals surface area contributed by atoms with Crippen molar-refractivity contribution in [1.82, 2.24) is 5.32 Å². The lowest BCUT2D eigenvalue weighted by Gasteiger charge is -2.43. The van der Waals surface area contributed by atoms with Gasteiger partial charge in [0.25, 0.3) is 0 Å². The number of hydrogen-bond acceptors (Lipinski definition) is 9. The molecule has 0 aliphatic carbocycles. The first kappa shape index (κ1) is 21.2. The quantitative estimate of drug-likeness (QED) is 0.223. The molecule has 1 rings (SSSR count). The molecule has 144 valence electrons. The van der Waals surface area contributed by atoms with Gasteiger partial charge in [-0.25, -0.2) is 0 Å². The Bertz CT molecular complexity index is 618. The van der Waals surface area contributed by atoms with Gasteiger partial charge >= 0.3 is 17.9 Å². The first-order chi connectivity index (χ1) is 12.1. The molecule has 5 atom stereocenters. The summed E-state index contributed by atoms with van der Waals surface area (Å²) < 4.78 is 20.8. The number of amides is 1. The fourth-order valence-electron chi connectivity index (χ4n) is 2.46. The maximum atomic E-state index is 11.5. The highest BCUT2D eigenvalue weighted by Gasteiger charge is 2.50. The molecular formula is C14H20N4O8. The molecule has 5 unspecified atom stereocenters. The zero-order valence-corrected chi connectivity index (χ0v) is 14.7. The summed E-state index contributed by atoms with van der Waals surface area (Å²) in [6.07, 6.45) is -4.82. The summed E-state index contributed by atoms with van der Waals surface area (Å²) in [5.41, 5.74) is 8.74. The Morgan fingerprint density at radius 3 is 2.08 bits per heavy atom. The third-order valence-electron chi connectivity index (χ3n) is 3.26. The topological polar surface area (TPSA) is 166 Å². The number of esters is 3. The molecule has 1 aliphatic rings. The van der Waals surface area contributed by atoms with Gasteiger partial charge in [0, 0.05) is 32.6 Å². The standard InChI is InChI=1S/C14H20N4O8/c1-6(19)16-11-13(25-9(4)22)12(24-8(3)21)10(5-23-7(2)20)26-14(11)17-18-15/h10-14H,5H2,1-4H3,(H,16,19). The zero-order valence-electron chi connectivity index (χ0n) is 14.7. The van der Waals surface area contributed by atoms with Crippen molar-refractivity contribution in [2.75, 3.05) is 6.61 Å². The van der Waals surface area contributed by atoms with Crippen LogP contribution in [-0.4, -0.2) is 61.0 Å². The van der Waals surface area contributed by atoms with Crippen molar-refractivity contribution >= 4 is 23.8 Å². The Morgan fingerprint density at radius 1 is 1.04 bits per heavy atom. The van der Waals surface area contributed by atoms with Crippen molar-refractivity contribution in [3.63, 3.8) is 0 Å². The van der Waals surface area contributed by atoms with Crippen LogP contribution >= 0.6 is 0 Å². The van der Waals surface area contributed by atoms with Crippen LogP contribution in [0.15, 0.2) is 5.11 Å². The summed E-state index contributed by atoms with van der Waals surface area (Å²) in [5.74, 6) is -2.58. The lowest BCUT2D eigenvalue weighted by molar-refractivity contribution is -0.222. The van der Waals surface area contributed by atoms with E-state index in [1.165, 1.54) is 6.92 Å². The molecule has 0 aromatic rings. The number of carbonyl (C=O) groups is 4. The highest BCUT2D eigenvalue weighted by Crippen LogP contribution is 2.28. The minimum absolute atomic E-state index is 0.352. The molecule has 26 heavy (non-hydrogen) atoms. The monoisotopic (exact) mass is 372 g/mol. The van der Waals surface area contributed by atoms with Crippen LogP contribution in [0.2, 0.25) is 0 Å². The van der Waals surface area contributed by atoms with Gasteiger partial charge in [-0.1, -0.05) is 5.11 Å². The van der Waals surface area contributed by atoms with Crippen molar-refractivity contribution in [3.8, 4) is 0 Å². The molecule has 0 aromatic carbocycles. The van der Waals surface area contributed by atoms with Gasteiger partial charge in [-0.3, -0.25) is 19.2 Å². The van der Waals surface area contributed by atoms with E-state index in [1.54, 1.807) is 0 Å². The molecule has 0 radical (unpaired) electrons. The predicted molar refractivity (Wildman–Crippen MR) is 83.2 cm³/mol. The van der Waals surface area contributed by atoms with Crippen LogP contribution in [0.25, 0.3) is 10.4 Å². The van der Waals surface area contributed by atoms with Gasteiger partial charge in [0.1, 0.15) is 18.8 Å². The lowest BCUT2D eigenvalue weighted by atomic mass is 9.95. The fourth-order valence-corrected chi connectivity index (χ4v) is 2.46. The molecule has 1 aliphatic heterocycles. The number of rotatable bonds is 6. The maximum absolute atomic E-state index is 11.5. The summed E-state index contributed by atoms with van der Waals surface area (Å²) in [4.78, 5) is 48.2. The highest BCUT2D eigenvalue weighted by atomic mass is 16.6. The predicted octanol–water partition coefficient (Wildman–Crippen LogP) is -0.0472. The lowest BCUT2D eigenvalue weighted by Crippen LogP contribution is -2.65. The summed E-state index contributed by atoms with van der Waals surface area (Å²) in [7, 11) is 0. The molecule has 12 nitrogen and oxygen atoms in total. The van der Waals surface area contributed by atoms with Crippen LogP contribution < -0.4 is 5.32 Å². The Kier molecular flexibility index (Phi) is 7.81. The van der Waals surface area contributed by atoms with Crippen molar-refractivity contribution in [1.29, 1.82) is 0 Å². The van der Waals surface area contributed by atoms with Crippen LogP contribution in [0.1, 0.15) is 27.7 Å². The fraction of sp³-hybridized carbons (Fsp3) is 0.714. The molecule has 1 fully saturated rings. The molecule has 1 N–H and O–H groups in total. The van der Waals surface area contributed by atoms with Crippen LogP contribution in [0.3, 0.4) is 0 Å². The van der Waals surface area contributed by atoms with Crippen molar-refractivity contribution in [2.24, 2.45) is 5.11 Å². The van der Waals surface area contributed by atoms with Gasteiger partial charge < -0.3 is 24.3 Å². The summed E-state index contributed by atoms with van der Waals surface area (Å²) >= 11 is 0. The largest absolute Gasteiger partial charge is 0.463 e. The Balaban J connectivity index is 3.28. The Hall–Kier alpha value is -2.85. The summed E-state index contributed by atoms with van der Waals surface area (Å²) in [5, 5.41) is 5.89. The third-order valence-corrected chi connectivity index (χ3v) is 3.26. The zero-order chi connectivity index (χ0) is 19.9. The summed E-state index contributed by atoms with van der Waals surface area (Å²) in [6, 6.07) is -1.12. The van der Waals surface area contributed by atoms with Gasteiger partial charge in [0.05, 0.1) is 0 Å². The van der Waals surface area contributed by atoms with E-state index in [0.717, 1.165) is 20.8 Å². The molecule has 0 aromatic heterocycles. The molecule has 12 heteroatoms. The molecule has 0 bridgehead atoms. The van der Waals surface area contributed by atoms with E-state index >= 15 is 0 Å². The van der Waals surface area contributed by atoms with Gasteiger partial charge in [-0.15, -0.1) is 0 Å². The minimum Gasteiger partial charge on any atom is -0.463 e. The number of nitrogens with zero attached hydrogens (tertiary/aromatic N) is 3. The molecule has 1 heterocycles. The van der Waals surface area contributed by atoms with E-state index in [0.29, 0.717) is 0 Å². The molecule has 1 saturated heterocycles. The van der Waals surface area contributed by atoms with E-state index in [4.69, 9.17) is 24.5 Å². The Morgan fingerprint density at radius 2 is 1.62 bits per heavy atom. The van der Waals surface area contributed by atoms with Crippen LogP contribution in [-0.2, 0) is 38.1 Å². The van der Waals surface area contributed by atoms with Gasteiger partial charge in [-0.05, 0) is 5.53 Å². The van der Waals surface area contributed by atoms with Crippen molar-refractivity contribution in [2.45, 2.75) is 58.3 Å².